The van der Waals surface area contributed by atoms with Crippen molar-refractivity contribution in [3.8, 4) is 0 Å². The fourth-order valence-corrected chi connectivity index (χ4v) is 2.18. The van der Waals surface area contributed by atoms with Crippen molar-refractivity contribution in [3.63, 3.8) is 0 Å². The van der Waals surface area contributed by atoms with Crippen LogP contribution in [0.1, 0.15) is 31.3 Å². The second-order valence-electron chi connectivity index (χ2n) is 4.59. The van der Waals surface area contributed by atoms with E-state index in [1.54, 1.807) is 6.07 Å². The first-order valence-corrected chi connectivity index (χ1v) is 7.01. The molecular weight excluding hydrogens is 265 g/mol. The van der Waals surface area contributed by atoms with Gasteiger partial charge in [0.2, 0.25) is 5.89 Å². The molecule has 1 aromatic heterocycles. The van der Waals surface area contributed by atoms with Crippen LogP contribution in [0.25, 0.3) is 0 Å². The molecule has 1 heterocycles. The van der Waals surface area contributed by atoms with E-state index in [0.29, 0.717) is 16.9 Å². The Hall–Kier alpha value is -1.40. The Bertz CT molecular complexity index is 544. The lowest BCUT2D eigenvalue weighted by Crippen LogP contribution is -2.16. The van der Waals surface area contributed by atoms with Crippen LogP contribution in [0.5, 0.6) is 0 Å². The number of rotatable bonds is 5. The van der Waals surface area contributed by atoms with Gasteiger partial charge in [0.1, 0.15) is 5.82 Å². The second kappa shape index (κ2) is 6.16. The van der Waals surface area contributed by atoms with Gasteiger partial charge in [0.25, 0.3) is 5.22 Å². The minimum atomic E-state index is -0.254. The molecule has 0 aliphatic rings. The minimum Gasteiger partial charge on any atom is -0.414 e. The fraction of sp³-hybridized carbons (Fsp3) is 0.385. The molecule has 0 spiro atoms. The van der Waals surface area contributed by atoms with Gasteiger partial charge < -0.3 is 10.2 Å². The molecule has 0 fully saturated rings. The average Bonchev–Trinajstić information content (AvgIpc) is 2.84. The molecule has 2 N–H and O–H groups in total. The van der Waals surface area contributed by atoms with E-state index >= 15 is 0 Å². The monoisotopic (exact) mass is 281 g/mol. The molecular formula is C13H16FN3OS. The SMILES string of the molecule is CC(C)C(N)c1nnc(SCc2cccc(F)c2)o1. The predicted molar refractivity (Wildman–Crippen MR) is 72.0 cm³/mol. The summed E-state index contributed by atoms with van der Waals surface area (Å²) in [5.74, 6) is 1.01. The standard InChI is InChI=1S/C13H16FN3OS/c1-8(2)11(15)12-16-17-13(18-12)19-7-9-4-3-5-10(14)6-9/h3-6,8,11H,7,15H2,1-2H3. The lowest BCUT2D eigenvalue weighted by atomic mass is 10.1. The maximum Gasteiger partial charge on any atom is 0.276 e. The van der Waals surface area contributed by atoms with Crippen LogP contribution in [0, 0.1) is 11.7 Å². The van der Waals surface area contributed by atoms with E-state index in [4.69, 9.17) is 10.2 Å². The number of halogens is 1. The van der Waals surface area contributed by atoms with Crippen molar-refractivity contribution in [1.29, 1.82) is 0 Å². The highest BCUT2D eigenvalue weighted by Crippen LogP contribution is 2.25. The normalized spacial score (nSPS) is 12.9. The number of benzene rings is 1. The first-order valence-electron chi connectivity index (χ1n) is 6.02. The van der Waals surface area contributed by atoms with E-state index in [2.05, 4.69) is 10.2 Å². The van der Waals surface area contributed by atoms with Gasteiger partial charge in [0.05, 0.1) is 6.04 Å². The van der Waals surface area contributed by atoms with Crippen molar-refractivity contribution in [2.24, 2.45) is 11.7 Å². The van der Waals surface area contributed by atoms with Gasteiger partial charge in [-0.1, -0.05) is 37.7 Å². The van der Waals surface area contributed by atoms with Gasteiger partial charge in [-0.05, 0) is 23.6 Å². The van der Waals surface area contributed by atoms with Crippen LogP contribution < -0.4 is 5.73 Å². The molecule has 1 atom stereocenters. The van der Waals surface area contributed by atoms with E-state index < -0.39 is 0 Å². The fourth-order valence-electron chi connectivity index (χ4n) is 1.47. The van der Waals surface area contributed by atoms with Gasteiger partial charge in [0.15, 0.2) is 0 Å². The number of thioether (sulfide) groups is 1. The third kappa shape index (κ3) is 3.78. The molecule has 0 saturated heterocycles. The van der Waals surface area contributed by atoms with E-state index in [1.807, 2.05) is 19.9 Å². The number of nitrogens with two attached hydrogens (primary N) is 1. The van der Waals surface area contributed by atoms with Crippen molar-refractivity contribution in [3.05, 3.63) is 41.5 Å². The molecule has 4 nitrogen and oxygen atoms in total. The van der Waals surface area contributed by atoms with Crippen LogP contribution in [0.15, 0.2) is 33.9 Å². The molecule has 2 aromatic rings. The molecule has 0 bridgehead atoms. The Kier molecular flexibility index (Phi) is 4.55. The maximum absolute atomic E-state index is 13.0. The topological polar surface area (TPSA) is 64.9 Å². The smallest absolute Gasteiger partial charge is 0.276 e. The lowest BCUT2D eigenvalue weighted by Gasteiger charge is -2.09. The molecule has 0 radical (unpaired) electrons. The van der Waals surface area contributed by atoms with Crippen LogP contribution >= 0.6 is 11.8 Å². The van der Waals surface area contributed by atoms with Crippen LogP contribution in [-0.4, -0.2) is 10.2 Å². The van der Waals surface area contributed by atoms with Crippen LogP contribution in [-0.2, 0) is 5.75 Å². The first-order chi connectivity index (χ1) is 9.06. The summed E-state index contributed by atoms with van der Waals surface area (Å²) in [6.45, 7) is 3.99. The van der Waals surface area contributed by atoms with E-state index in [-0.39, 0.29) is 17.8 Å². The van der Waals surface area contributed by atoms with Gasteiger partial charge in [-0.3, -0.25) is 0 Å². The third-order valence-corrected chi connectivity index (χ3v) is 3.57. The summed E-state index contributed by atoms with van der Waals surface area (Å²) in [7, 11) is 0. The van der Waals surface area contributed by atoms with Gasteiger partial charge >= 0.3 is 0 Å². The molecule has 0 aliphatic carbocycles. The number of aromatic nitrogens is 2. The van der Waals surface area contributed by atoms with Gasteiger partial charge in [-0.15, -0.1) is 10.2 Å². The second-order valence-corrected chi connectivity index (χ2v) is 5.52. The first kappa shape index (κ1) is 14.0. The molecule has 6 heteroatoms. The van der Waals surface area contributed by atoms with Gasteiger partial charge in [-0.2, -0.15) is 0 Å². The van der Waals surface area contributed by atoms with Crippen molar-refractivity contribution in [2.75, 3.05) is 0 Å². The van der Waals surface area contributed by atoms with Crippen molar-refractivity contribution < 1.29 is 8.81 Å². The molecule has 102 valence electrons. The number of hydrogen-bond acceptors (Lipinski definition) is 5. The highest BCUT2D eigenvalue weighted by Gasteiger charge is 2.17. The van der Waals surface area contributed by atoms with Crippen molar-refractivity contribution in [1.82, 2.24) is 10.2 Å². The van der Waals surface area contributed by atoms with Gasteiger partial charge in [-0.25, -0.2) is 4.39 Å². The Morgan fingerprint density at radius 3 is 2.84 bits per heavy atom. The van der Waals surface area contributed by atoms with E-state index in [1.165, 1.54) is 23.9 Å². The van der Waals surface area contributed by atoms with E-state index in [9.17, 15) is 4.39 Å². The Balaban J connectivity index is 1.97. The third-order valence-electron chi connectivity index (χ3n) is 2.68. The highest BCUT2D eigenvalue weighted by atomic mass is 32.2. The summed E-state index contributed by atoms with van der Waals surface area (Å²) in [6, 6.07) is 6.19. The zero-order chi connectivity index (χ0) is 13.8. The summed E-state index contributed by atoms with van der Waals surface area (Å²) in [4.78, 5) is 0. The molecule has 19 heavy (non-hydrogen) atoms. The van der Waals surface area contributed by atoms with E-state index in [0.717, 1.165) is 5.56 Å². The summed E-state index contributed by atoms with van der Waals surface area (Å²) in [5, 5.41) is 8.31. The Labute approximate surface area is 115 Å². The molecule has 0 aliphatic heterocycles. The molecule has 2 rings (SSSR count). The van der Waals surface area contributed by atoms with Crippen LogP contribution in [0.2, 0.25) is 0 Å². The summed E-state index contributed by atoms with van der Waals surface area (Å²) in [6.07, 6.45) is 0. The Morgan fingerprint density at radius 1 is 1.37 bits per heavy atom. The summed E-state index contributed by atoms with van der Waals surface area (Å²) < 4.78 is 18.5. The van der Waals surface area contributed by atoms with Crippen molar-refractivity contribution in [2.45, 2.75) is 30.9 Å². The Morgan fingerprint density at radius 2 is 2.16 bits per heavy atom. The molecule has 1 unspecified atom stereocenters. The molecule has 0 saturated carbocycles. The highest BCUT2D eigenvalue weighted by molar-refractivity contribution is 7.98. The quantitative estimate of drug-likeness (QED) is 0.853. The largest absolute Gasteiger partial charge is 0.414 e. The maximum atomic E-state index is 13.0. The lowest BCUT2D eigenvalue weighted by molar-refractivity contribution is 0.349. The zero-order valence-corrected chi connectivity index (χ0v) is 11.7. The molecule has 1 aromatic carbocycles. The minimum absolute atomic E-state index is 0.238. The number of nitrogens with zero attached hydrogens (tertiary/aromatic N) is 2. The average molecular weight is 281 g/mol. The molecule has 0 amide bonds. The van der Waals surface area contributed by atoms with Crippen LogP contribution in [0.3, 0.4) is 0 Å². The summed E-state index contributed by atoms with van der Waals surface area (Å²) in [5.41, 5.74) is 6.80. The predicted octanol–water partition coefficient (Wildman–Crippen LogP) is 3.16. The number of hydrogen-bond donors (Lipinski definition) is 1. The van der Waals surface area contributed by atoms with Crippen molar-refractivity contribution >= 4 is 11.8 Å². The summed E-state index contributed by atoms with van der Waals surface area (Å²) >= 11 is 1.37. The van der Waals surface area contributed by atoms with Crippen LogP contribution in [0.4, 0.5) is 4.39 Å². The zero-order valence-electron chi connectivity index (χ0n) is 10.8. The van der Waals surface area contributed by atoms with Gasteiger partial charge in [0, 0.05) is 5.75 Å².